The molecule has 19 heteroatoms. The van der Waals surface area contributed by atoms with Crippen LogP contribution in [0.1, 0.15) is 73.6 Å². The maximum atomic E-state index is 13.8. The molecule has 0 saturated carbocycles. The van der Waals surface area contributed by atoms with Crippen molar-refractivity contribution in [2.45, 2.75) is 101 Å². The molecule has 7 rings (SSSR count). The molecule has 19 nitrogen and oxygen atoms in total. The lowest BCUT2D eigenvalue weighted by molar-refractivity contribution is -0.165. The number of amides is 7. The van der Waals surface area contributed by atoms with Crippen LogP contribution in [0.25, 0.3) is 0 Å². The number of aliphatic carboxylic acids is 1. The summed E-state index contributed by atoms with van der Waals surface area (Å²) in [5.74, 6) is -4.23. The Kier molecular flexibility index (Phi) is 15.9. The highest BCUT2D eigenvalue weighted by molar-refractivity contribution is 6.00. The summed E-state index contributed by atoms with van der Waals surface area (Å²) in [6.07, 6.45) is 7.89. The van der Waals surface area contributed by atoms with E-state index in [-0.39, 0.29) is 63.9 Å². The van der Waals surface area contributed by atoms with Gasteiger partial charge in [0.2, 0.25) is 35.8 Å². The third kappa shape index (κ3) is 11.6. The summed E-state index contributed by atoms with van der Waals surface area (Å²) in [7, 11) is 0. The Morgan fingerprint density at radius 2 is 1.09 bits per heavy atom. The molecule has 0 aliphatic carbocycles. The summed E-state index contributed by atoms with van der Waals surface area (Å²) in [4.78, 5) is 120. The largest absolute Gasteiger partial charge is 0.480 e. The van der Waals surface area contributed by atoms with Crippen LogP contribution in [0.3, 0.4) is 0 Å². The van der Waals surface area contributed by atoms with Crippen molar-refractivity contribution in [3.05, 3.63) is 96.1 Å². The lowest BCUT2D eigenvalue weighted by Gasteiger charge is -2.47. The molecule has 346 valence electrons. The van der Waals surface area contributed by atoms with Crippen molar-refractivity contribution in [3.63, 3.8) is 0 Å². The van der Waals surface area contributed by atoms with Crippen LogP contribution in [0.2, 0.25) is 0 Å². The predicted octanol–water partition coefficient (Wildman–Crippen LogP) is 1.00. The molecule has 2 aromatic rings. The number of hydrogen-bond donors (Lipinski definition) is 4. The lowest BCUT2D eigenvalue weighted by Crippen LogP contribution is -2.68. The molecule has 5 heterocycles. The summed E-state index contributed by atoms with van der Waals surface area (Å²) in [5.41, 5.74) is 0.843. The van der Waals surface area contributed by atoms with E-state index in [9.17, 15) is 48.3 Å². The smallest absolute Gasteiger partial charge is 0.328 e. The van der Waals surface area contributed by atoms with Gasteiger partial charge in [0.15, 0.2) is 0 Å². The van der Waals surface area contributed by atoms with Crippen molar-refractivity contribution < 1.29 is 57.7 Å². The van der Waals surface area contributed by atoms with Gasteiger partial charge >= 0.3 is 11.9 Å². The molecule has 65 heavy (non-hydrogen) atoms. The summed E-state index contributed by atoms with van der Waals surface area (Å²) in [6.45, 7) is 5.31. The first kappa shape index (κ1) is 47.6. The molecule has 2 aromatic carbocycles. The quantitative estimate of drug-likeness (QED) is 0.204. The highest BCUT2D eigenvalue weighted by Gasteiger charge is 2.47. The Morgan fingerprint density at radius 3 is 1.54 bits per heavy atom. The van der Waals surface area contributed by atoms with Gasteiger partial charge in [-0.2, -0.15) is 0 Å². The van der Waals surface area contributed by atoms with E-state index in [4.69, 9.17) is 9.47 Å². The Morgan fingerprint density at radius 1 is 0.646 bits per heavy atom. The highest BCUT2D eigenvalue weighted by Crippen LogP contribution is 2.26. The van der Waals surface area contributed by atoms with E-state index in [0.29, 0.717) is 24.0 Å². The van der Waals surface area contributed by atoms with Crippen LogP contribution in [0.5, 0.6) is 0 Å². The first-order valence-electron chi connectivity index (χ1n) is 21.7. The van der Waals surface area contributed by atoms with E-state index in [1.807, 2.05) is 24.3 Å². The molecule has 7 amide bonds. The second kappa shape index (κ2) is 21.7. The normalized spacial score (nSPS) is 27.3. The van der Waals surface area contributed by atoms with Gasteiger partial charge in [-0.15, -0.1) is 0 Å². The number of fused-ring (bicyclic) bond motifs is 2. The van der Waals surface area contributed by atoms with Crippen LogP contribution in [-0.4, -0.2) is 159 Å². The first-order chi connectivity index (χ1) is 31.2. The number of nitrogens with one attached hydrogen (secondary N) is 3. The van der Waals surface area contributed by atoms with Crippen LogP contribution in [0.4, 0.5) is 0 Å². The number of cyclic esters (lactones) is 1. The van der Waals surface area contributed by atoms with Crippen LogP contribution in [0, 0.1) is 0 Å². The van der Waals surface area contributed by atoms with Gasteiger partial charge in [0.25, 0.3) is 11.8 Å². The minimum absolute atomic E-state index is 0.00665. The number of rotatable bonds is 9. The fraction of sp³-hybridized carbons (Fsp3) is 0.457. The number of carbonyl (C=O) groups excluding carboxylic acids is 8. The topological polar surface area (TPSA) is 241 Å². The van der Waals surface area contributed by atoms with Crippen molar-refractivity contribution in [2.24, 2.45) is 0 Å². The van der Waals surface area contributed by atoms with E-state index in [1.54, 1.807) is 72.5 Å². The molecule has 3 fully saturated rings. The zero-order valence-corrected chi connectivity index (χ0v) is 36.5. The SMILES string of the molecule is CC(=O)N1C[C@@H]2C/C=C\C[C@H](NC(=O)c3ccccc3)C(=O)N2[C@H](C(=O)O)C1.CCOC1OC(=O)CC1NC(=O)[C@@H]1CN(C(C)=O)C[C@@H]2C/C=C\C[C@H](NC(=O)c3ccccc3)C(=O)N21. The van der Waals surface area contributed by atoms with E-state index in [1.165, 1.54) is 28.5 Å². The van der Waals surface area contributed by atoms with Crippen molar-refractivity contribution in [1.82, 2.24) is 35.6 Å². The number of esters is 1. The minimum Gasteiger partial charge on any atom is -0.480 e. The second-order valence-corrected chi connectivity index (χ2v) is 16.3. The van der Waals surface area contributed by atoms with Crippen LogP contribution >= 0.6 is 0 Å². The number of carboxylic acids is 1. The molecule has 0 bridgehead atoms. The zero-order valence-electron chi connectivity index (χ0n) is 36.5. The number of carboxylic acid groups (broad SMARTS) is 1. The van der Waals surface area contributed by atoms with Gasteiger partial charge in [-0.3, -0.25) is 38.4 Å². The molecule has 0 radical (unpaired) electrons. The molecule has 3 saturated heterocycles. The van der Waals surface area contributed by atoms with Crippen molar-refractivity contribution in [3.8, 4) is 0 Å². The van der Waals surface area contributed by atoms with Gasteiger partial charge in [-0.05, 0) is 56.9 Å². The molecule has 8 atom stereocenters. The molecule has 4 N–H and O–H groups in total. The van der Waals surface area contributed by atoms with Gasteiger partial charge < -0.3 is 50.1 Å². The van der Waals surface area contributed by atoms with Gasteiger partial charge in [-0.1, -0.05) is 60.7 Å². The Bertz CT molecular complexity index is 2190. The Hall–Kier alpha value is -6.89. The van der Waals surface area contributed by atoms with Gasteiger partial charge in [0.05, 0.1) is 31.6 Å². The average molecular weight is 898 g/mol. The summed E-state index contributed by atoms with van der Waals surface area (Å²) < 4.78 is 10.6. The molecule has 5 aliphatic rings. The number of ether oxygens (including phenoxy) is 2. The molecule has 5 aliphatic heterocycles. The predicted molar refractivity (Wildman–Crippen MR) is 231 cm³/mol. The third-order valence-corrected chi connectivity index (χ3v) is 11.9. The highest BCUT2D eigenvalue weighted by atomic mass is 16.7. The third-order valence-electron chi connectivity index (χ3n) is 11.9. The first-order valence-corrected chi connectivity index (χ1v) is 21.7. The molecule has 0 aromatic heterocycles. The van der Waals surface area contributed by atoms with E-state index in [0.717, 1.165) is 0 Å². The van der Waals surface area contributed by atoms with E-state index >= 15 is 0 Å². The fourth-order valence-electron chi connectivity index (χ4n) is 8.58. The van der Waals surface area contributed by atoms with Crippen LogP contribution in [0.15, 0.2) is 85.0 Å². The summed E-state index contributed by atoms with van der Waals surface area (Å²) in [5, 5.41) is 18.0. The van der Waals surface area contributed by atoms with Gasteiger partial charge in [0.1, 0.15) is 30.2 Å². The molecule has 0 spiro atoms. The van der Waals surface area contributed by atoms with Crippen molar-refractivity contribution in [1.29, 1.82) is 0 Å². The van der Waals surface area contributed by atoms with Crippen molar-refractivity contribution >= 4 is 53.3 Å². The number of nitrogens with zero attached hydrogens (tertiary/aromatic N) is 4. The fourth-order valence-corrected chi connectivity index (χ4v) is 8.58. The average Bonchev–Trinajstić information content (AvgIpc) is 3.64. The standard InChI is InChI=1S/C26H32N4O7.C20H23N3O5/c1-3-36-26-20(13-22(32)37-26)28-24(34)21-15-29(16(2)31)14-18-11-7-8-12-19(25(35)30(18)21)27-23(33)17-9-5-4-6-10-17;1-13(24)22-11-15-9-5-6-10-16(19(26)23(15)17(12-22)20(27)28)21-18(25)14-7-3-2-4-8-14/h4-10,18-21,26H,3,11-15H2,1-2H3,(H,27,33)(H,28,34);2-8,15-17H,9-12H2,1H3,(H,21,25)(H,27,28)/b8-7-;6-5-/t18-,19-,20?,21-,26?;15-,16-,17-/m00/s1. The molecular weight excluding hydrogens is 843 g/mol. The Labute approximate surface area is 376 Å². The molecule has 2 unspecified atom stereocenters. The van der Waals surface area contributed by atoms with Crippen LogP contribution in [-0.2, 0) is 43.0 Å². The summed E-state index contributed by atoms with van der Waals surface area (Å²) in [6, 6.07) is 11.6. The lowest BCUT2D eigenvalue weighted by atomic mass is 9.96. The summed E-state index contributed by atoms with van der Waals surface area (Å²) >= 11 is 0. The second-order valence-electron chi connectivity index (χ2n) is 16.3. The maximum Gasteiger partial charge on any atom is 0.328 e. The Balaban J connectivity index is 0.000000224. The van der Waals surface area contributed by atoms with Crippen molar-refractivity contribution in [2.75, 3.05) is 32.8 Å². The number of hydrogen-bond acceptors (Lipinski definition) is 11. The zero-order chi connectivity index (χ0) is 46.8. The van der Waals surface area contributed by atoms with Gasteiger partial charge in [0, 0.05) is 44.7 Å². The minimum atomic E-state index is -1.16. The number of carbonyl (C=O) groups is 9. The maximum absolute atomic E-state index is 13.8. The number of benzene rings is 2. The van der Waals surface area contributed by atoms with E-state index < -0.39 is 90.1 Å². The van der Waals surface area contributed by atoms with Gasteiger partial charge in [-0.25, -0.2) is 4.79 Å². The number of piperazine rings is 2. The van der Waals surface area contributed by atoms with Crippen LogP contribution < -0.4 is 16.0 Å². The van der Waals surface area contributed by atoms with E-state index in [2.05, 4.69) is 16.0 Å². The monoisotopic (exact) mass is 897 g/mol. The molecular formula is C46H55N7O12.